The molecule has 1 aromatic rings. The molecule has 0 spiro atoms. The van der Waals surface area contributed by atoms with Crippen molar-refractivity contribution in [2.45, 2.75) is 38.5 Å². The number of nitrogens with one attached hydrogen (secondary N) is 1. The van der Waals surface area contributed by atoms with Crippen LogP contribution in [0.4, 0.5) is 0 Å². The summed E-state index contributed by atoms with van der Waals surface area (Å²) in [6, 6.07) is 8.66. The molecule has 1 aliphatic heterocycles. The van der Waals surface area contributed by atoms with Gasteiger partial charge in [-0.05, 0) is 30.7 Å². The zero-order valence-electron chi connectivity index (χ0n) is 13.6. The van der Waals surface area contributed by atoms with Crippen molar-refractivity contribution in [3.8, 4) is 0 Å². The molecular formula is C18H22N2O4. The summed E-state index contributed by atoms with van der Waals surface area (Å²) < 4.78 is 10.6. The monoisotopic (exact) mass is 330 g/mol. The molecule has 1 aliphatic rings. The molecule has 0 radical (unpaired) electrons. The molecular weight excluding hydrogens is 308 g/mol. The number of carbonyl (C=O) groups is 2. The fourth-order valence-corrected chi connectivity index (χ4v) is 2.17. The molecule has 0 saturated carbocycles. The van der Waals surface area contributed by atoms with Crippen molar-refractivity contribution in [2.24, 2.45) is 5.73 Å². The van der Waals surface area contributed by atoms with Crippen LogP contribution in [0.3, 0.4) is 0 Å². The van der Waals surface area contributed by atoms with Gasteiger partial charge in [0.05, 0.1) is 11.8 Å². The molecule has 1 heterocycles. The van der Waals surface area contributed by atoms with Gasteiger partial charge in [0.15, 0.2) is 12.3 Å². The molecule has 1 amide bonds. The minimum absolute atomic E-state index is 0.399. The Balaban J connectivity index is 1.98. The Morgan fingerprint density at radius 2 is 2.08 bits per heavy atom. The highest BCUT2D eigenvalue weighted by Crippen LogP contribution is 2.10. The average molecular weight is 330 g/mol. The molecule has 1 aromatic carbocycles. The van der Waals surface area contributed by atoms with Gasteiger partial charge in [-0.25, -0.2) is 4.79 Å². The van der Waals surface area contributed by atoms with Crippen LogP contribution in [0, 0.1) is 0 Å². The van der Waals surface area contributed by atoms with Gasteiger partial charge in [0.2, 0.25) is 0 Å². The first-order valence-electron chi connectivity index (χ1n) is 7.96. The number of ether oxygens (including phenoxy) is 2. The number of nitrogens with two attached hydrogens (primary N) is 1. The van der Waals surface area contributed by atoms with Gasteiger partial charge in [0.1, 0.15) is 0 Å². The molecule has 2 unspecified atom stereocenters. The van der Waals surface area contributed by atoms with Crippen LogP contribution >= 0.6 is 0 Å². The first-order valence-corrected chi connectivity index (χ1v) is 7.96. The Labute approximate surface area is 141 Å². The molecule has 6 heteroatoms. The van der Waals surface area contributed by atoms with Gasteiger partial charge in [-0.2, -0.15) is 0 Å². The summed E-state index contributed by atoms with van der Waals surface area (Å²) in [5.41, 5.74) is 6.55. The van der Waals surface area contributed by atoms with Crippen molar-refractivity contribution in [3.05, 3.63) is 60.0 Å². The maximum absolute atomic E-state index is 12.3. The van der Waals surface area contributed by atoms with E-state index in [2.05, 4.69) is 5.32 Å². The van der Waals surface area contributed by atoms with Crippen molar-refractivity contribution in [2.75, 3.05) is 0 Å². The van der Waals surface area contributed by atoms with Crippen molar-refractivity contribution < 1.29 is 19.1 Å². The molecule has 0 saturated heterocycles. The molecule has 3 N–H and O–H groups in total. The first-order chi connectivity index (χ1) is 11.6. The normalized spacial score (nSPS) is 17.4. The standard InChI is InChI=1S/C18H22N2O4/c1-2-3-9-16(24-18(22)13-7-5-4-6-8-13)20-17(21)15-12-14(19)10-11-23-15/h4-8,10-12,15-16H,2-3,9,19H2,1H3,(H,20,21). The number of benzene rings is 1. The summed E-state index contributed by atoms with van der Waals surface area (Å²) in [6.45, 7) is 2.02. The highest BCUT2D eigenvalue weighted by atomic mass is 16.6. The summed E-state index contributed by atoms with van der Waals surface area (Å²) in [5, 5.41) is 2.70. The predicted molar refractivity (Wildman–Crippen MR) is 89.6 cm³/mol. The molecule has 6 nitrogen and oxygen atoms in total. The van der Waals surface area contributed by atoms with Crippen LogP contribution in [0.1, 0.15) is 36.5 Å². The second kappa shape index (κ2) is 8.76. The van der Waals surface area contributed by atoms with Crippen molar-refractivity contribution in [3.63, 3.8) is 0 Å². The van der Waals surface area contributed by atoms with Gasteiger partial charge in [-0.15, -0.1) is 0 Å². The number of amides is 1. The van der Waals surface area contributed by atoms with Gasteiger partial charge in [0.25, 0.3) is 5.91 Å². The van der Waals surface area contributed by atoms with E-state index in [0.29, 0.717) is 17.7 Å². The number of rotatable bonds is 7. The van der Waals surface area contributed by atoms with Crippen molar-refractivity contribution in [1.29, 1.82) is 0 Å². The van der Waals surface area contributed by atoms with E-state index in [4.69, 9.17) is 15.2 Å². The topological polar surface area (TPSA) is 90.7 Å². The van der Waals surface area contributed by atoms with E-state index in [1.165, 1.54) is 12.3 Å². The maximum atomic E-state index is 12.3. The summed E-state index contributed by atoms with van der Waals surface area (Å²) in [5.74, 6) is -0.874. The Hall–Kier alpha value is -2.76. The zero-order valence-corrected chi connectivity index (χ0v) is 13.6. The Bertz CT molecular complexity index is 625. The van der Waals surface area contributed by atoms with E-state index in [9.17, 15) is 9.59 Å². The van der Waals surface area contributed by atoms with Crippen LogP contribution in [0.15, 0.2) is 54.4 Å². The smallest absolute Gasteiger partial charge is 0.340 e. The molecule has 128 valence electrons. The number of hydrogen-bond donors (Lipinski definition) is 2. The number of allylic oxidation sites excluding steroid dienone is 1. The lowest BCUT2D eigenvalue weighted by Crippen LogP contribution is -2.44. The van der Waals surface area contributed by atoms with E-state index in [-0.39, 0.29) is 0 Å². The number of hydrogen-bond acceptors (Lipinski definition) is 5. The maximum Gasteiger partial charge on any atom is 0.340 e. The number of carbonyl (C=O) groups excluding carboxylic acids is 2. The fraction of sp³-hybridized carbons (Fsp3) is 0.333. The summed E-state index contributed by atoms with van der Waals surface area (Å²) in [4.78, 5) is 24.5. The SMILES string of the molecule is CCCCC(NC(=O)C1C=C(N)C=CO1)OC(=O)c1ccccc1. The molecule has 0 aliphatic carbocycles. The Morgan fingerprint density at radius 3 is 2.75 bits per heavy atom. The van der Waals surface area contributed by atoms with E-state index in [0.717, 1.165) is 12.8 Å². The minimum Gasteiger partial charge on any atom is -0.484 e. The van der Waals surface area contributed by atoms with E-state index in [1.807, 2.05) is 13.0 Å². The van der Waals surface area contributed by atoms with Crippen LogP contribution < -0.4 is 11.1 Å². The van der Waals surface area contributed by atoms with Crippen molar-refractivity contribution in [1.82, 2.24) is 5.32 Å². The van der Waals surface area contributed by atoms with Crippen LogP contribution in [0.5, 0.6) is 0 Å². The minimum atomic E-state index is -0.824. The predicted octanol–water partition coefficient (Wildman–Crippen LogP) is 2.23. The number of esters is 1. The highest BCUT2D eigenvalue weighted by molar-refractivity contribution is 5.90. The molecule has 0 fully saturated rings. The Morgan fingerprint density at radius 1 is 1.33 bits per heavy atom. The largest absolute Gasteiger partial charge is 0.484 e. The third kappa shape index (κ3) is 5.15. The Kier molecular flexibility index (Phi) is 6.42. The number of unbranched alkanes of at least 4 members (excludes halogenated alkanes) is 1. The highest BCUT2D eigenvalue weighted by Gasteiger charge is 2.24. The van der Waals surface area contributed by atoms with Gasteiger partial charge >= 0.3 is 5.97 Å². The second-order valence-corrected chi connectivity index (χ2v) is 5.44. The molecule has 2 atom stereocenters. The summed E-state index contributed by atoms with van der Waals surface area (Å²) >= 11 is 0. The van der Waals surface area contributed by atoms with Gasteiger partial charge in [-0.3, -0.25) is 4.79 Å². The van der Waals surface area contributed by atoms with Gasteiger partial charge in [0, 0.05) is 12.1 Å². The first kappa shape index (κ1) is 17.6. The van der Waals surface area contributed by atoms with Crippen LogP contribution in [0.25, 0.3) is 0 Å². The average Bonchev–Trinajstić information content (AvgIpc) is 2.60. The van der Waals surface area contributed by atoms with Crippen LogP contribution in [-0.2, 0) is 14.3 Å². The zero-order chi connectivity index (χ0) is 17.4. The molecule has 2 rings (SSSR count). The van der Waals surface area contributed by atoms with E-state index < -0.39 is 24.2 Å². The lowest BCUT2D eigenvalue weighted by Gasteiger charge is -2.22. The fourth-order valence-electron chi connectivity index (χ4n) is 2.17. The lowest BCUT2D eigenvalue weighted by molar-refractivity contribution is -0.131. The van der Waals surface area contributed by atoms with Crippen LogP contribution in [-0.4, -0.2) is 24.2 Å². The van der Waals surface area contributed by atoms with Gasteiger partial charge < -0.3 is 20.5 Å². The second-order valence-electron chi connectivity index (χ2n) is 5.44. The van der Waals surface area contributed by atoms with Crippen molar-refractivity contribution >= 4 is 11.9 Å². The summed E-state index contributed by atoms with van der Waals surface area (Å²) in [7, 11) is 0. The molecule has 0 bridgehead atoms. The lowest BCUT2D eigenvalue weighted by atomic mass is 10.2. The molecule has 0 aromatic heterocycles. The van der Waals surface area contributed by atoms with E-state index in [1.54, 1.807) is 30.3 Å². The summed E-state index contributed by atoms with van der Waals surface area (Å²) in [6.07, 6.45) is 5.17. The molecule has 24 heavy (non-hydrogen) atoms. The third-order valence-electron chi connectivity index (χ3n) is 3.47. The van der Waals surface area contributed by atoms with Gasteiger partial charge in [-0.1, -0.05) is 31.5 Å². The van der Waals surface area contributed by atoms with Crippen LogP contribution in [0.2, 0.25) is 0 Å². The third-order valence-corrected chi connectivity index (χ3v) is 3.47. The van der Waals surface area contributed by atoms with E-state index >= 15 is 0 Å². The quantitative estimate of drug-likeness (QED) is 0.591.